The van der Waals surface area contributed by atoms with E-state index in [1.165, 1.54) is 18.4 Å². The summed E-state index contributed by atoms with van der Waals surface area (Å²) in [5.74, 6) is -1.81. The first-order valence-electron chi connectivity index (χ1n) is 19.8. The molecule has 14 nitrogen and oxygen atoms in total. The largest absolute Gasteiger partial charge is 0.497 e. The number of carboxylic acid groups (broad SMARTS) is 1. The zero-order valence-corrected chi connectivity index (χ0v) is 35.6. The van der Waals surface area contributed by atoms with Crippen molar-refractivity contribution in [1.82, 2.24) is 25.4 Å². The number of likely N-dealkylation sites (N-methyl/N-ethyl adjacent to an activating group) is 1. The molecule has 1 aromatic heterocycles. The van der Waals surface area contributed by atoms with Gasteiger partial charge >= 0.3 is 5.97 Å². The molecule has 3 unspecified atom stereocenters. The summed E-state index contributed by atoms with van der Waals surface area (Å²) in [6.07, 6.45) is 3.81. The molecule has 0 bridgehead atoms. The first-order valence-corrected chi connectivity index (χ1v) is 20.6. The second-order valence-corrected chi connectivity index (χ2v) is 16.2. The monoisotopic (exact) mass is 803 g/mol. The van der Waals surface area contributed by atoms with Crippen LogP contribution in [0.3, 0.4) is 0 Å². The average molecular weight is 804 g/mol. The van der Waals surface area contributed by atoms with Crippen LogP contribution >= 0.6 is 11.3 Å². The number of carbonyl (C=O) groups excluding carboxylic acids is 3. The molecule has 1 aliphatic rings. The Labute approximate surface area is 337 Å². The van der Waals surface area contributed by atoms with Gasteiger partial charge in [-0.25, -0.2) is 4.98 Å². The number of likely N-dealkylation sites (tertiary alicyclic amines) is 1. The number of nitrogens with zero attached hydrogens (tertiary/aromatic N) is 3. The van der Waals surface area contributed by atoms with Crippen molar-refractivity contribution in [2.45, 2.75) is 110 Å². The van der Waals surface area contributed by atoms with Gasteiger partial charge in [0.05, 0.1) is 25.7 Å². The van der Waals surface area contributed by atoms with Crippen LogP contribution in [0, 0.1) is 17.8 Å². The number of rotatable bonds is 24. The number of amides is 3. The van der Waals surface area contributed by atoms with Crippen LogP contribution in [-0.2, 0) is 35.0 Å². The molecule has 3 amide bonds. The summed E-state index contributed by atoms with van der Waals surface area (Å²) in [7, 11) is 6.66. The summed E-state index contributed by atoms with van der Waals surface area (Å²) in [4.78, 5) is 62.4. The van der Waals surface area contributed by atoms with E-state index in [4.69, 9.17) is 23.9 Å². The van der Waals surface area contributed by atoms with Crippen LogP contribution < -0.4 is 15.4 Å². The highest BCUT2D eigenvalue weighted by molar-refractivity contribution is 7.09. The van der Waals surface area contributed by atoms with E-state index in [1.54, 1.807) is 26.5 Å². The van der Waals surface area contributed by atoms with Crippen LogP contribution in [0.25, 0.3) is 0 Å². The van der Waals surface area contributed by atoms with Crippen molar-refractivity contribution < 1.29 is 43.2 Å². The third-order valence-corrected chi connectivity index (χ3v) is 11.7. The predicted molar refractivity (Wildman–Crippen MR) is 216 cm³/mol. The lowest BCUT2D eigenvalue weighted by molar-refractivity contribution is -0.144. The van der Waals surface area contributed by atoms with Crippen molar-refractivity contribution in [3.8, 4) is 5.75 Å². The molecule has 314 valence electrons. The van der Waals surface area contributed by atoms with Gasteiger partial charge in [0, 0.05) is 44.6 Å². The highest BCUT2D eigenvalue weighted by Crippen LogP contribution is 2.32. The Morgan fingerprint density at radius 2 is 1.73 bits per heavy atom. The quantitative estimate of drug-likeness (QED) is 0.120. The lowest BCUT2D eigenvalue weighted by Crippen LogP contribution is -2.59. The van der Waals surface area contributed by atoms with Crippen LogP contribution in [-0.4, -0.2) is 123 Å². The Hall–Kier alpha value is -3.63. The molecule has 0 saturated carbocycles. The number of carboxylic acids is 1. The molecule has 1 aliphatic heterocycles. The molecular formula is C41H65N5O9S. The molecule has 15 heteroatoms. The number of ether oxygens (including phenoxy) is 4. The summed E-state index contributed by atoms with van der Waals surface area (Å²) in [5.41, 5.74) is 1.10. The lowest BCUT2D eigenvalue weighted by atomic mass is 9.92. The fourth-order valence-electron chi connectivity index (χ4n) is 7.08. The maximum Gasteiger partial charge on any atom is 0.306 e. The normalized spacial score (nSPS) is 18.0. The first-order chi connectivity index (χ1) is 26.7. The number of piperidine rings is 1. The SMILES string of the molecule is CCC(C)C(NC(=O)C1CCCCN1C)C(=O)N(CCOC)[C@H](C[C@@H](OCOC)c1nc(C(=O)N[C@@H](Cc2ccc(OC)cc2)C[C@H](C)C(=O)O)cs1)C(C)C. The second-order valence-electron chi connectivity index (χ2n) is 15.3. The van der Waals surface area contributed by atoms with Crippen molar-refractivity contribution >= 4 is 35.0 Å². The molecule has 7 atom stereocenters. The highest BCUT2D eigenvalue weighted by Gasteiger charge is 2.38. The molecular weight excluding hydrogens is 739 g/mol. The zero-order valence-electron chi connectivity index (χ0n) is 34.7. The third-order valence-electron chi connectivity index (χ3n) is 10.7. The summed E-state index contributed by atoms with van der Waals surface area (Å²) >= 11 is 1.27. The maximum atomic E-state index is 14.7. The number of thiazole rings is 1. The van der Waals surface area contributed by atoms with Crippen LogP contribution in [0.4, 0.5) is 0 Å². The molecule has 0 spiro atoms. The second kappa shape index (κ2) is 23.6. The molecule has 0 radical (unpaired) electrons. The third kappa shape index (κ3) is 13.8. The van der Waals surface area contributed by atoms with Crippen LogP contribution in [0.5, 0.6) is 5.75 Å². The highest BCUT2D eigenvalue weighted by atomic mass is 32.1. The van der Waals surface area contributed by atoms with Gasteiger partial charge in [0.2, 0.25) is 11.8 Å². The van der Waals surface area contributed by atoms with E-state index >= 15 is 0 Å². The van der Waals surface area contributed by atoms with Gasteiger partial charge < -0.3 is 39.6 Å². The Bertz CT molecular complexity index is 1520. The number of aromatic nitrogens is 1. The summed E-state index contributed by atoms with van der Waals surface area (Å²) < 4.78 is 22.3. The van der Waals surface area contributed by atoms with E-state index in [9.17, 15) is 24.3 Å². The van der Waals surface area contributed by atoms with Crippen molar-refractivity contribution in [3.63, 3.8) is 0 Å². The summed E-state index contributed by atoms with van der Waals surface area (Å²) in [5, 5.41) is 18.0. The van der Waals surface area contributed by atoms with Crippen LogP contribution in [0.2, 0.25) is 0 Å². The molecule has 0 aliphatic carbocycles. The minimum atomic E-state index is -0.944. The topological polar surface area (TPSA) is 169 Å². The van der Waals surface area contributed by atoms with E-state index in [2.05, 4.69) is 15.5 Å². The predicted octanol–water partition coefficient (Wildman–Crippen LogP) is 5.17. The Morgan fingerprint density at radius 3 is 2.32 bits per heavy atom. The summed E-state index contributed by atoms with van der Waals surface area (Å²) in [6.45, 7) is 11.1. The number of aliphatic carboxylic acids is 1. The van der Waals surface area contributed by atoms with E-state index < -0.39 is 36.0 Å². The molecule has 1 fully saturated rings. The number of carbonyl (C=O) groups is 4. The van der Waals surface area contributed by atoms with Crippen molar-refractivity contribution in [1.29, 1.82) is 0 Å². The fourth-order valence-corrected chi connectivity index (χ4v) is 7.94. The van der Waals surface area contributed by atoms with E-state index in [-0.39, 0.29) is 54.6 Å². The van der Waals surface area contributed by atoms with Gasteiger partial charge in [0.25, 0.3) is 5.91 Å². The number of hydrogen-bond acceptors (Lipinski definition) is 11. The van der Waals surface area contributed by atoms with E-state index in [0.717, 1.165) is 31.4 Å². The molecule has 1 saturated heterocycles. The molecule has 56 heavy (non-hydrogen) atoms. The minimum absolute atomic E-state index is 0.0279. The van der Waals surface area contributed by atoms with Crippen LogP contribution in [0.15, 0.2) is 29.6 Å². The van der Waals surface area contributed by atoms with Gasteiger partial charge in [-0.05, 0) is 68.8 Å². The van der Waals surface area contributed by atoms with Gasteiger partial charge in [0.1, 0.15) is 35.4 Å². The van der Waals surface area contributed by atoms with Gasteiger partial charge in [-0.3, -0.25) is 24.1 Å². The Morgan fingerprint density at radius 1 is 1.02 bits per heavy atom. The number of nitrogens with one attached hydrogen (secondary N) is 2. The van der Waals surface area contributed by atoms with E-state index in [1.807, 2.05) is 63.9 Å². The smallest absolute Gasteiger partial charge is 0.306 e. The molecule has 2 aromatic rings. The first kappa shape index (κ1) is 46.8. The van der Waals surface area contributed by atoms with Crippen molar-refractivity contribution in [2.75, 3.05) is 54.9 Å². The Kier molecular flexibility index (Phi) is 19.7. The van der Waals surface area contributed by atoms with Gasteiger partial charge in [-0.2, -0.15) is 0 Å². The average Bonchev–Trinajstić information content (AvgIpc) is 3.68. The minimum Gasteiger partial charge on any atom is -0.497 e. The maximum absolute atomic E-state index is 14.7. The standard InChI is InChI=1S/C41H65N5O9S/c1-10-27(4)36(44-38(48)33-13-11-12-18-45(33)6)40(49)46(19-20-52-7)34(26(2)3)23-35(55-25-53-8)39-43-32(24-56-39)37(47)42-30(21-28(5)41(50)51)22-29-14-16-31(54-9)17-15-29/h14-17,24,26-28,30,33-36H,10-13,18-23,25H2,1-9H3,(H,42,47)(H,44,48)(H,50,51)/t27?,28-,30+,33?,34+,35+,36?/m0/s1. The van der Waals surface area contributed by atoms with Crippen molar-refractivity contribution in [3.05, 3.63) is 45.9 Å². The van der Waals surface area contributed by atoms with Gasteiger partial charge in [0.15, 0.2) is 0 Å². The van der Waals surface area contributed by atoms with Crippen molar-refractivity contribution in [2.24, 2.45) is 17.8 Å². The van der Waals surface area contributed by atoms with Gasteiger partial charge in [-0.15, -0.1) is 11.3 Å². The van der Waals surface area contributed by atoms with Crippen LogP contribution in [0.1, 0.15) is 100 Å². The fraction of sp³-hybridized carbons (Fsp3) is 0.683. The lowest BCUT2D eigenvalue weighted by Gasteiger charge is -2.40. The molecule has 3 rings (SSSR count). The Balaban J connectivity index is 1.89. The number of benzene rings is 1. The number of methoxy groups -OCH3 is 3. The van der Waals surface area contributed by atoms with E-state index in [0.29, 0.717) is 43.2 Å². The molecule has 1 aromatic carbocycles. The number of hydrogen-bond donors (Lipinski definition) is 3. The zero-order chi connectivity index (χ0) is 41.4. The summed E-state index contributed by atoms with van der Waals surface area (Å²) in [6, 6.07) is 5.59. The molecule has 3 N–H and O–H groups in total. The van der Waals surface area contributed by atoms with Gasteiger partial charge in [-0.1, -0.05) is 59.6 Å². The molecule has 2 heterocycles.